The third-order valence-electron chi connectivity index (χ3n) is 5.35. The molecule has 0 spiro atoms. The van der Waals surface area contributed by atoms with Gasteiger partial charge in [-0.15, -0.1) is 0 Å². The Morgan fingerprint density at radius 2 is 1.85 bits per heavy atom. The molecule has 9 nitrogen and oxygen atoms in total. The van der Waals surface area contributed by atoms with Gasteiger partial charge in [-0.1, -0.05) is 6.07 Å². The van der Waals surface area contributed by atoms with E-state index in [-0.39, 0.29) is 16.4 Å². The first kappa shape index (κ1) is 23.5. The van der Waals surface area contributed by atoms with Crippen molar-refractivity contribution in [2.45, 2.75) is 11.4 Å². The summed E-state index contributed by atoms with van der Waals surface area (Å²) in [6.45, 7) is 3.16. The van der Waals surface area contributed by atoms with Crippen LogP contribution in [-0.4, -0.2) is 52.7 Å². The van der Waals surface area contributed by atoms with Crippen LogP contribution in [0.4, 0.5) is 11.5 Å². The van der Waals surface area contributed by atoms with E-state index < -0.39 is 10.0 Å². The molecule has 1 aromatic heterocycles. The highest BCUT2D eigenvalue weighted by atomic mass is 32.2. The van der Waals surface area contributed by atoms with E-state index in [0.717, 1.165) is 24.5 Å². The Balaban J connectivity index is 1.41. The van der Waals surface area contributed by atoms with Gasteiger partial charge in [0.05, 0.1) is 25.2 Å². The molecule has 10 heteroatoms. The maximum absolute atomic E-state index is 12.8. The Labute approximate surface area is 198 Å². The van der Waals surface area contributed by atoms with E-state index in [1.807, 2.05) is 12.1 Å². The maximum atomic E-state index is 12.8. The number of nitrogens with zero attached hydrogens (tertiary/aromatic N) is 2. The number of carbonyl (C=O) groups is 1. The van der Waals surface area contributed by atoms with Crippen molar-refractivity contribution in [1.29, 1.82) is 0 Å². The summed E-state index contributed by atoms with van der Waals surface area (Å²) in [6.07, 6.45) is 1.71. The van der Waals surface area contributed by atoms with E-state index in [1.165, 1.54) is 19.2 Å². The molecule has 3 aromatic rings. The van der Waals surface area contributed by atoms with E-state index in [9.17, 15) is 13.2 Å². The molecule has 2 heterocycles. The Morgan fingerprint density at radius 3 is 2.59 bits per heavy atom. The van der Waals surface area contributed by atoms with Gasteiger partial charge < -0.3 is 19.7 Å². The molecule has 0 radical (unpaired) electrons. The lowest BCUT2D eigenvalue weighted by Crippen LogP contribution is -2.36. The van der Waals surface area contributed by atoms with Gasteiger partial charge >= 0.3 is 0 Å². The maximum Gasteiger partial charge on any atom is 0.261 e. The van der Waals surface area contributed by atoms with Crippen molar-refractivity contribution >= 4 is 27.4 Å². The number of hydrogen-bond acceptors (Lipinski definition) is 7. The molecule has 1 aliphatic heterocycles. The second-order valence-corrected chi connectivity index (χ2v) is 9.35. The highest BCUT2D eigenvalue weighted by Gasteiger charge is 2.17. The van der Waals surface area contributed by atoms with Gasteiger partial charge in [-0.2, -0.15) is 0 Å². The number of nitrogens with one attached hydrogen (secondary N) is 2. The number of hydrogen-bond donors (Lipinski definition) is 2. The molecule has 0 unspecified atom stereocenters. The largest absolute Gasteiger partial charge is 0.497 e. The van der Waals surface area contributed by atoms with Crippen LogP contribution in [-0.2, 0) is 21.3 Å². The summed E-state index contributed by atoms with van der Waals surface area (Å²) in [4.78, 5) is 19.3. The molecule has 2 N–H and O–H groups in total. The third-order valence-corrected chi connectivity index (χ3v) is 6.73. The van der Waals surface area contributed by atoms with Gasteiger partial charge in [-0.3, -0.25) is 9.52 Å². The fourth-order valence-electron chi connectivity index (χ4n) is 3.50. The van der Waals surface area contributed by atoms with Crippen molar-refractivity contribution < 1.29 is 22.7 Å². The summed E-state index contributed by atoms with van der Waals surface area (Å²) >= 11 is 0. The quantitative estimate of drug-likeness (QED) is 0.508. The first-order chi connectivity index (χ1) is 16.4. The fraction of sp³-hybridized carbons (Fsp3) is 0.250. The number of amides is 1. The summed E-state index contributed by atoms with van der Waals surface area (Å²) in [5.74, 6) is 1.09. The topological polar surface area (TPSA) is 110 Å². The summed E-state index contributed by atoms with van der Waals surface area (Å²) in [7, 11) is -2.33. The van der Waals surface area contributed by atoms with Gasteiger partial charge in [0, 0.05) is 37.1 Å². The van der Waals surface area contributed by atoms with Gasteiger partial charge in [0.1, 0.15) is 11.6 Å². The van der Waals surface area contributed by atoms with E-state index in [2.05, 4.69) is 19.9 Å². The molecule has 4 rings (SSSR count). The van der Waals surface area contributed by atoms with Crippen LogP contribution in [0, 0.1) is 0 Å². The van der Waals surface area contributed by atoms with Crippen LogP contribution in [0.1, 0.15) is 15.9 Å². The van der Waals surface area contributed by atoms with Crippen molar-refractivity contribution in [3.05, 3.63) is 78.0 Å². The summed E-state index contributed by atoms with van der Waals surface area (Å²) in [6, 6.07) is 16.2. The second kappa shape index (κ2) is 10.5. The second-order valence-electron chi connectivity index (χ2n) is 7.67. The van der Waals surface area contributed by atoms with Crippen LogP contribution in [0.15, 0.2) is 71.8 Å². The normalized spacial score (nSPS) is 13.9. The molecule has 1 aliphatic rings. The summed E-state index contributed by atoms with van der Waals surface area (Å²) in [5.41, 5.74) is 1.54. The Hall–Kier alpha value is -3.63. The van der Waals surface area contributed by atoms with E-state index in [4.69, 9.17) is 9.47 Å². The molecule has 1 fully saturated rings. The number of aromatic nitrogens is 1. The first-order valence-electron chi connectivity index (χ1n) is 10.8. The summed E-state index contributed by atoms with van der Waals surface area (Å²) < 4.78 is 38.6. The Morgan fingerprint density at radius 1 is 1.09 bits per heavy atom. The molecule has 0 atom stereocenters. The van der Waals surface area contributed by atoms with Crippen molar-refractivity contribution in [1.82, 2.24) is 10.3 Å². The summed E-state index contributed by atoms with van der Waals surface area (Å²) in [5, 5.41) is 2.85. The minimum atomic E-state index is -3.87. The lowest BCUT2D eigenvalue weighted by Gasteiger charge is -2.28. The van der Waals surface area contributed by atoms with Crippen LogP contribution >= 0.6 is 0 Å². The van der Waals surface area contributed by atoms with E-state index in [1.54, 1.807) is 42.6 Å². The van der Waals surface area contributed by atoms with Gasteiger partial charge in [0.2, 0.25) is 0 Å². The minimum Gasteiger partial charge on any atom is -0.497 e. The molecule has 2 aromatic carbocycles. The van der Waals surface area contributed by atoms with E-state index in [0.29, 0.717) is 31.2 Å². The Kier molecular flexibility index (Phi) is 7.29. The number of carbonyl (C=O) groups excluding carboxylic acids is 1. The van der Waals surface area contributed by atoms with Crippen LogP contribution in [0.25, 0.3) is 0 Å². The third kappa shape index (κ3) is 5.83. The number of methoxy groups -OCH3 is 1. The predicted octanol–water partition coefficient (Wildman–Crippen LogP) is 2.66. The highest BCUT2D eigenvalue weighted by Crippen LogP contribution is 2.20. The number of rotatable bonds is 8. The number of anilines is 2. The van der Waals surface area contributed by atoms with Crippen molar-refractivity contribution in [3.63, 3.8) is 0 Å². The fourth-order valence-corrected chi connectivity index (χ4v) is 4.60. The van der Waals surface area contributed by atoms with Crippen molar-refractivity contribution in [2.24, 2.45) is 0 Å². The van der Waals surface area contributed by atoms with E-state index >= 15 is 0 Å². The molecule has 34 heavy (non-hydrogen) atoms. The predicted molar refractivity (Wildman–Crippen MR) is 129 cm³/mol. The number of ether oxygens (including phenoxy) is 2. The zero-order valence-corrected chi connectivity index (χ0v) is 19.5. The molecule has 0 saturated carbocycles. The van der Waals surface area contributed by atoms with Crippen LogP contribution in [0.2, 0.25) is 0 Å². The number of pyridine rings is 1. The van der Waals surface area contributed by atoms with Gasteiger partial charge in [-0.05, 0) is 60.2 Å². The van der Waals surface area contributed by atoms with Crippen LogP contribution in [0.5, 0.6) is 5.75 Å². The zero-order valence-electron chi connectivity index (χ0n) is 18.7. The molecular weight excluding hydrogens is 456 g/mol. The first-order valence-corrected chi connectivity index (χ1v) is 12.3. The standard InChI is InChI=1S/C24H26N4O5S/c1-32-21-7-5-20(6-8-21)27-34(30,31)22-4-2-3-19(16-22)24(29)26-17-18-9-10-25-23(15-18)28-11-13-33-14-12-28/h2-10,15-16,27H,11-14,17H2,1H3,(H,26,29). The van der Waals surface area contributed by atoms with Gasteiger partial charge in [0.25, 0.3) is 15.9 Å². The van der Waals surface area contributed by atoms with Crippen molar-refractivity contribution in [2.75, 3.05) is 43.0 Å². The number of benzene rings is 2. The van der Waals surface area contributed by atoms with Crippen LogP contribution < -0.4 is 19.7 Å². The molecule has 0 bridgehead atoms. The van der Waals surface area contributed by atoms with Gasteiger partial charge in [-0.25, -0.2) is 13.4 Å². The molecule has 178 valence electrons. The number of sulfonamides is 1. The van der Waals surface area contributed by atoms with Gasteiger partial charge in [0.15, 0.2) is 0 Å². The Bertz CT molecular complexity index is 1240. The molecule has 1 amide bonds. The lowest BCUT2D eigenvalue weighted by molar-refractivity contribution is 0.0950. The molecular formula is C24H26N4O5S. The monoisotopic (exact) mass is 482 g/mol. The molecule has 0 aliphatic carbocycles. The SMILES string of the molecule is COc1ccc(NS(=O)(=O)c2cccc(C(=O)NCc3ccnc(N4CCOCC4)c3)c2)cc1. The van der Waals surface area contributed by atoms with Crippen LogP contribution in [0.3, 0.4) is 0 Å². The smallest absolute Gasteiger partial charge is 0.261 e. The number of morpholine rings is 1. The highest BCUT2D eigenvalue weighted by molar-refractivity contribution is 7.92. The zero-order chi connectivity index (χ0) is 24.0. The average molecular weight is 483 g/mol. The average Bonchev–Trinajstić information content (AvgIpc) is 2.88. The van der Waals surface area contributed by atoms with Crippen molar-refractivity contribution in [3.8, 4) is 5.75 Å². The minimum absolute atomic E-state index is 0.00511. The molecule has 1 saturated heterocycles. The lowest BCUT2D eigenvalue weighted by atomic mass is 10.2.